The predicted molar refractivity (Wildman–Crippen MR) is 134 cm³/mol. The highest BCUT2D eigenvalue weighted by Crippen LogP contribution is 2.38. The van der Waals surface area contributed by atoms with Gasteiger partial charge in [0, 0.05) is 58.0 Å². The summed E-state index contributed by atoms with van der Waals surface area (Å²) in [5, 5.41) is 27.9. The van der Waals surface area contributed by atoms with Gasteiger partial charge in [-0.1, -0.05) is 0 Å². The third-order valence-electron chi connectivity index (χ3n) is 5.25. The van der Waals surface area contributed by atoms with E-state index in [1.54, 1.807) is 20.3 Å². The van der Waals surface area contributed by atoms with Crippen LogP contribution in [0.1, 0.15) is 24.0 Å². The van der Waals surface area contributed by atoms with Crippen LogP contribution in [0.15, 0.2) is 28.4 Å². The Hall–Kier alpha value is -3.22. The van der Waals surface area contributed by atoms with Crippen LogP contribution in [0.4, 0.5) is 28.0 Å². The lowest BCUT2D eigenvalue weighted by atomic mass is 10.1. The molecule has 182 valence electrons. The van der Waals surface area contributed by atoms with Crippen molar-refractivity contribution in [3.63, 3.8) is 0 Å². The van der Waals surface area contributed by atoms with Gasteiger partial charge in [-0.2, -0.15) is 4.37 Å². The Morgan fingerprint density at radius 2 is 1.71 bits per heavy atom. The number of ether oxygens (including phenoxy) is 2. The Kier molecular flexibility index (Phi) is 9.19. The average molecular weight is 488 g/mol. The molecule has 2 N–H and O–H groups in total. The van der Waals surface area contributed by atoms with Crippen LogP contribution in [0, 0.1) is 24.0 Å². The van der Waals surface area contributed by atoms with Crippen LogP contribution < -0.4 is 10.6 Å². The monoisotopic (exact) mass is 487 g/mol. The lowest BCUT2D eigenvalue weighted by molar-refractivity contribution is -0.384. The summed E-state index contributed by atoms with van der Waals surface area (Å²) in [6, 6.07) is 4.52. The van der Waals surface area contributed by atoms with E-state index in [1.807, 2.05) is 13.8 Å². The first-order valence-corrected chi connectivity index (χ1v) is 11.7. The van der Waals surface area contributed by atoms with Crippen LogP contribution in [0.3, 0.4) is 0 Å². The smallest absolute Gasteiger partial charge is 0.270 e. The number of non-ortho nitro benzene ring substituents is 1. The van der Waals surface area contributed by atoms with E-state index in [0.29, 0.717) is 47.2 Å². The van der Waals surface area contributed by atoms with Crippen molar-refractivity contribution in [2.24, 2.45) is 10.2 Å². The summed E-state index contributed by atoms with van der Waals surface area (Å²) >= 11 is 1.15. The Morgan fingerprint density at radius 3 is 2.35 bits per heavy atom. The number of methoxy groups -OCH3 is 2. The fraction of sp³-hybridized carbons (Fsp3) is 0.455. The van der Waals surface area contributed by atoms with Crippen molar-refractivity contribution in [2.75, 3.05) is 51.2 Å². The largest absolute Gasteiger partial charge is 0.385 e. The summed E-state index contributed by atoms with van der Waals surface area (Å²) < 4.78 is 14.6. The lowest BCUT2D eigenvalue weighted by Gasteiger charge is -2.16. The van der Waals surface area contributed by atoms with E-state index in [0.717, 1.165) is 47.9 Å². The molecule has 12 heteroatoms. The van der Waals surface area contributed by atoms with E-state index in [9.17, 15) is 10.1 Å². The molecule has 0 unspecified atom stereocenters. The molecule has 3 rings (SSSR count). The molecule has 0 saturated heterocycles. The minimum Gasteiger partial charge on any atom is -0.385 e. The first-order valence-electron chi connectivity index (χ1n) is 10.9. The van der Waals surface area contributed by atoms with Gasteiger partial charge in [0.2, 0.25) is 0 Å². The summed E-state index contributed by atoms with van der Waals surface area (Å²) in [7, 11) is 3.35. The van der Waals surface area contributed by atoms with Crippen molar-refractivity contribution >= 4 is 50.4 Å². The molecule has 0 radical (unpaired) electrons. The fourth-order valence-electron chi connectivity index (χ4n) is 3.24. The predicted octanol–water partition coefficient (Wildman–Crippen LogP) is 5.53. The highest BCUT2D eigenvalue weighted by Gasteiger charge is 2.16. The first-order chi connectivity index (χ1) is 16.5. The van der Waals surface area contributed by atoms with Crippen molar-refractivity contribution in [3.05, 3.63) is 39.4 Å². The van der Waals surface area contributed by atoms with Gasteiger partial charge in [-0.3, -0.25) is 10.1 Å². The lowest BCUT2D eigenvalue weighted by Crippen LogP contribution is -2.12. The molecule has 11 nitrogen and oxygen atoms in total. The highest BCUT2D eigenvalue weighted by molar-refractivity contribution is 7.11. The Balaban J connectivity index is 1.94. The normalized spacial score (nSPS) is 11.4. The number of nitro groups is 1. The Bertz CT molecular complexity index is 1170. The van der Waals surface area contributed by atoms with E-state index in [1.165, 1.54) is 12.1 Å². The van der Waals surface area contributed by atoms with Crippen LogP contribution in [0.5, 0.6) is 0 Å². The molecule has 0 aliphatic rings. The van der Waals surface area contributed by atoms with Gasteiger partial charge in [0.05, 0.1) is 10.4 Å². The zero-order chi connectivity index (χ0) is 24.5. The van der Waals surface area contributed by atoms with E-state index in [-0.39, 0.29) is 5.69 Å². The van der Waals surface area contributed by atoms with Crippen molar-refractivity contribution in [2.45, 2.75) is 26.7 Å². The van der Waals surface area contributed by atoms with Crippen LogP contribution in [-0.4, -0.2) is 54.8 Å². The fourth-order valence-corrected chi connectivity index (χ4v) is 3.93. The Morgan fingerprint density at radius 1 is 1.03 bits per heavy atom. The average Bonchev–Trinajstić information content (AvgIpc) is 3.24. The number of anilines is 2. The number of hydrogen-bond acceptors (Lipinski definition) is 11. The van der Waals surface area contributed by atoms with Crippen LogP contribution in [0.2, 0.25) is 0 Å². The molecule has 0 bridgehead atoms. The summed E-state index contributed by atoms with van der Waals surface area (Å²) in [6.07, 6.45) is 1.67. The molecule has 0 aliphatic heterocycles. The van der Waals surface area contributed by atoms with Crippen molar-refractivity contribution in [1.82, 2.24) is 9.36 Å². The van der Waals surface area contributed by atoms with Gasteiger partial charge in [-0.05, 0) is 55.4 Å². The number of fused-ring (bicyclic) bond motifs is 1. The number of benzene rings is 1. The summed E-state index contributed by atoms with van der Waals surface area (Å²) in [6.45, 7) is 6.64. The second kappa shape index (κ2) is 12.3. The minimum absolute atomic E-state index is 0.0118. The summed E-state index contributed by atoms with van der Waals surface area (Å²) in [5.41, 5.74) is 3.15. The van der Waals surface area contributed by atoms with E-state index < -0.39 is 4.92 Å². The maximum absolute atomic E-state index is 11.2. The molecule has 2 heterocycles. The number of nitrogens with zero attached hydrogens (tertiary/aromatic N) is 5. The van der Waals surface area contributed by atoms with Gasteiger partial charge in [-0.15, -0.1) is 10.2 Å². The molecule has 0 aliphatic carbocycles. The van der Waals surface area contributed by atoms with Crippen molar-refractivity contribution < 1.29 is 14.4 Å². The van der Waals surface area contributed by atoms with Gasteiger partial charge in [0.15, 0.2) is 10.8 Å². The topological polar surface area (TPSA) is 136 Å². The van der Waals surface area contributed by atoms with Crippen LogP contribution in [-0.2, 0) is 9.47 Å². The van der Waals surface area contributed by atoms with E-state index >= 15 is 0 Å². The van der Waals surface area contributed by atoms with Gasteiger partial charge in [-0.25, -0.2) is 4.98 Å². The van der Waals surface area contributed by atoms with Crippen LogP contribution in [0.25, 0.3) is 10.9 Å². The SMILES string of the molecule is COCCCNc1nc(NCCCOC)c(/N=N/c2snc3ccc([N+](=O)[O-])cc23)c(C)c1C. The number of nitrogens with one attached hydrogen (secondary N) is 2. The number of pyridine rings is 1. The Labute approximate surface area is 201 Å². The number of azo groups is 1. The van der Waals surface area contributed by atoms with Crippen LogP contribution >= 0.6 is 11.5 Å². The summed E-state index contributed by atoms with van der Waals surface area (Å²) in [4.78, 5) is 15.5. The molecule has 1 aromatic carbocycles. The highest BCUT2D eigenvalue weighted by atomic mass is 32.1. The van der Waals surface area contributed by atoms with Gasteiger partial charge >= 0.3 is 0 Å². The second-order valence-electron chi connectivity index (χ2n) is 7.60. The molecular weight excluding hydrogens is 458 g/mol. The molecule has 2 aromatic heterocycles. The molecule has 0 fully saturated rings. The van der Waals surface area contributed by atoms with E-state index in [4.69, 9.17) is 14.5 Å². The molecule has 34 heavy (non-hydrogen) atoms. The molecule has 0 saturated carbocycles. The third kappa shape index (κ3) is 6.22. The van der Waals surface area contributed by atoms with Gasteiger partial charge in [0.1, 0.15) is 11.5 Å². The minimum atomic E-state index is -0.435. The first kappa shape index (κ1) is 25.4. The number of aromatic nitrogens is 2. The van der Waals surface area contributed by atoms with Crippen molar-refractivity contribution in [1.29, 1.82) is 0 Å². The standard InChI is InChI=1S/C22H29N7O4S/c1-14-15(2)20(23-9-5-11-32-3)25-21(24-10-6-12-33-4)19(14)26-27-22-17-13-16(29(30)31)7-8-18(17)28-34-22/h7-8,13H,5-6,9-12H2,1-4H3,(H2,23,24,25)/b27-26+. The maximum atomic E-state index is 11.2. The molecule has 3 aromatic rings. The maximum Gasteiger partial charge on any atom is 0.270 e. The third-order valence-corrected chi connectivity index (χ3v) is 6.01. The quantitative estimate of drug-likeness (QED) is 0.139. The van der Waals surface area contributed by atoms with E-state index in [2.05, 4.69) is 25.2 Å². The number of hydrogen-bond donors (Lipinski definition) is 2. The zero-order valence-electron chi connectivity index (χ0n) is 19.8. The summed E-state index contributed by atoms with van der Waals surface area (Å²) in [5.74, 6) is 1.39. The number of nitro benzene ring substituents is 1. The zero-order valence-corrected chi connectivity index (χ0v) is 20.6. The molecular formula is C22H29N7O4S. The molecule has 0 atom stereocenters. The van der Waals surface area contributed by atoms with Gasteiger partial charge in [0.25, 0.3) is 5.69 Å². The molecule has 0 amide bonds. The molecule has 0 spiro atoms. The van der Waals surface area contributed by atoms with Crippen molar-refractivity contribution in [3.8, 4) is 0 Å². The number of rotatable bonds is 13. The second-order valence-corrected chi connectivity index (χ2v) is 8.35. The van der Waals surface area contributed by atoms with Gasteiger partial charge < -0.3 is 20.1 Å².